The van der Waals surface area contributed by atoms with Crippen LogP contribution in [0, 0.1) is 0 Å². The largest absolute Gasteiger partial charge is 0.497 e. The van der Waals surface area contributed by atoms with E-state index in [4.69, 9.17) is 20.8 Å². The Kier molecular flexibility index (Phi) is 9.26. The Hall–Kier alpha value is -2.27. The van der Waals surface area contributed by atoms with Gasteiger partial charge in [0.05, 0.1) is 13.4 Å². The number of ether oxygens (including phenoxy) is 1. The summed E-state index contributed by atoms with van der Waals surface area (Å²) in [5, 5.41) is 14.3. The molecule has 0 aliphatic rings. The number of benzene rings is 1. The van der Waals surface area contributed by atoms with Gasteiger partial charge in [-0.3, -0.25) is 10.1 Å². The minimum atomic E-state index is 0. The van der Waals surface area contributed by atoms with E-state index in [2.05, 4.69) is 30.8 Å². The molecular weight excluding hydrogens is 507 g/mol. The first-order chi connectivity index (χ1) is 13.7. The van der Waals surface area contributed by atoms with Crippen molar-refractivity contribution in [1.82, 2.24) is 25.8 Å². The summed E-state index contributed by atoms with van der Waals surface area (Å²) in [5.41, 5.74) is 1.05. The van der Waals surface area contributed by atoms with E-state index in [1.54, 1.807) is 20.4 Å². The van der Waals surface area contributed by atoms with Crippen LogP contribution in [0.15, 0.2) is 46.0 Å². The summed E-state index contributed by atoms with van der Waals surface area (Å²) in [7, 11) is 3.36. The molecular formula is C19H24ClIN6O2. The fourth-order valence-corrected chi connectivity index (χ4v) is 2.88. The van der Waals surface area contributed by atoms with Gasteiger partial charge in [-0.15, -0.1) is 24.0 Å². The molecule has 3 aromatic rings. The molecule has 0 amide bonds. The number of hydrogen-bond donors (Lipinski definition) is 3. The van der Waals surface area contributed by atoms with Gasteiger partial charge in [-0.1, -0.05) is 17.7 Å². The van der Waals surface area contributed by atoms with Crippen LogP contribution in [-0.4, -0.2) is 48.4 Å². The first kappa shape index (κ1) is 23.0. The predicted molar refractivity (Wildman–Crippen MR) is 124 cm³/mol. The fourth-order valence-electron chi connectivity index (χ4n) is 2.62. The first-order valence-corrected chi connectivity index (χ1v) is 9.29. The molecule has 1 aromatic carbocycles. The zero-order chi connectivity index (χ0) is 19.8. The number of H-pyrrole nitrogens is 1. The highest BCUT2D eigenvalue weighted by atomic mass is 127. The molecule has 3 rings (SSSR count). The Balaban J connectivity index is 0.00000300. The van der Waals surface area contributed by atoms with Gasteiger partial charge >= 0.3 is 0 Å². The van der Waals surface area contributed by atoms with E-state index in [0.29, 0.717) is 36.1 Å². The van der Waals surface area contributed by atoms with Gasteiger partial charge < -0.3 is 19.8 Å². The third kappa shape index (κ3) is 6.64. The molecule has 0 radical (unpaired) electrons. The fraction of sp³-hybridized carbons (Fsp3) is 0.316. The lowest BCUT2D eigenvalue weighted by Crippen LogP contribution is -2.39. The van der Waals surface area contributed by atoms with Gasteiger partial charge in [0.15, 0.2) is 11.7 Å². The number of aromatic amines is 1. The summed E-state index contributed by atoms with van der Waals surface area (Å²) in [6.07, 6.45) is 3.05. The van der Waals surface area contributed by atoms with Crippen molar-refractivity contribution in [1.29, 1.82) is 0 Å². The van der Waals surface area contributed by atoms with Gasteiger partial charge in [-0.25, -0.2) is 4.98 Å². The monoisotopic (exact) mass is 530 g/mol. The van der Waals surface area contributed by atoms with Crippen molar-refractivity contribution in [2.75, 3.05) is 27.2 Å². The third-order valence-electron chi connectivity index (χ3n) is 4.10. The van der Waals surface area contributed by atoms with Gasteiger partial charge in [0.2, 0.25) is 5.82 Å². The van der Waals surface area contributed by atoms with Crippen LogP contribution in [0.4, 0.5) is 0 Å². The van der Waals surface area contributed by atoms with Gasteiger partial charge in [0.25, 0.3) is 0 Å². The Morgan fingerprint density at radius 1 is 1.24 bits per heavy atom. The Morgan fingerprint density at radius 2 is 2.03 bits per heavy atom. The maximum Gasteiger partial charge on any atom is 0.216 e. The maximum absolute atomic E-state index is 6.27. The van der Waals surface area contributed by atoms with E-state index in [0.717, 1.165) is 29.5 Å². The van der Waals surface area contributed by atoms with E-state index in [-0.39, 0.29) is 24.0 Å². The van der Waals surface area contributed by atoms with Crippen LogP contribution in [0.3, 0.4) is 0 Å². The van der Waals surface area contributed by atoms with Crippen molar-refractivity contribution < 1.29 is 9.15 Å². The van der Waals surface area contributed by atoms with Gasteiger partial charge in [0.1, 0.15) is 11.6 Å². The lowest BCUT2D eigenvalue weighted by Gasteiger charge is -2.12. The highest BCUT2D eigenvalue weighted by molar-refractivity contribution is 14.0. The normalized spacial score (nSPS) is 11.1. The van der Waals surface area contributed by atoms with E-state index in [1.807, 2.05) is 30.3 Å². The van der Waals surface area contributed by atoms with Crippen LogP contribution < -0.4 is 15.4 Å². The van der Waals surface area contributed by atoms with Crippen LogP contribution >= 0.6 is 35.6 Å². The summed E-state index contributed by atoms with van der Waals surface area (Å²) < 4.78 is 10.5. The minimum absolute atomic E-state index is 0. The van der Waals surface area contributed by atoms with Crippen molar-refractivity contribution >= 4 is 41.5 Å². The molecule has 0 unspecified atom stereocenters. The average Bonchev–Trinajstić information content (AvgIpc) is 3.39. The molecule has 0 bridgehead atoms. The lowest BCUT2D eigenvalue weighted by atomic mass is 10.1. The van der Waals surface area contributed by atoms with E-state index in [9.17, 15) is 0 Å². The first-order valence-electron chi connectivity index (χ1n) is 8.91. The summed E-state index contributed by atoms with van der Waals surface area (Å²) in [5.74, 6) is 3.44. The number of rotatable bonds is 8. The third-order valence-corrected chi connectivity index (χ3v) is 4.45. The maximum atomic E-state index is 6.27. The quantitative estimate of drug-likeness (QED) is 0.235. The second-order valence-corrected chi connectivity index (χ2v) is 6.37. The second kappa shape index (κ2) is 11.7. The number of hydrogen-bond acceptors (Lipinski definition) is 5. The average molecular weight is 531 g/mol. The summed E-state index contributed by atoms with van der Waals surface area (Å²) in [6, 6.07) is 9.33. The molecule has 0 fully saturated rings. The highest BCUT2D eigenvalue weighted by Crippen LogP contribution is 2.22. The predicted octanol–water partition coefficient (Wildman–Crippen LogP) is 3.29. The summed E-state index contributed by atoms with van der Waals surface area (Å²) >= 11 is 6.27. The molecule has 156 valence electrons. The second-order valence-electron chi connectivity index (χ2n) is 5.97. The van der Waals surface area contributed by atoms with Gasteiger partial charge in [-0.05, 0) is 36.2 Å². The molecule has 8 nitrogen and oxygen atoms in total. The molecule has 0 aliphatic heterocycles. The number of aromatic nitrogens is 3. The van der Waals surface area contributed by atoms with Crippen molar-refractivity contribution in [3.05, 3.63) is 53.0 Å². The lowest BCUT2D eigenvalue weighted by molar-refractivity contribution is 0.414. The van der Waals surface area contributed by atoms with E-state index in [1.165, 1.54) is 0 Å². The Labute approximate surface area is 191 Å². The highest BCUT2D eigenvalue weighted by Gasteiger charge is 2.08. The molecule has 2 aromatic heterocycles. The van der Waals surface area contributed by atoms with Gasteiger partial charge in [-0.2, -0.15) is 5.10 Å². The summed E-state index contributed by atoms with van der Waals surface area (Å²) in [4.78, 5) is 8.64. The van der Waals surface area contributed by atoms with Crippen molar-refractivity contribution in [2.24, 2.45) is 4.99 Å². The number of furan rings is 1. The van der Waals surface area contributed by atoms with Crippen molar-refractivity contribution in [3.63, 3.8) is 0 Å². The van der Waals surface area contributed by atoms with E-state index >= 15 is 0 Å². The number of methoxy groups -OCH3 is 1. The molecule has 0 aliphatic carbocycles. The standard InChI is InChI=1S/C19H23ClN6O2.HI/c1-21-19(22-9-7-13-5-6-14(27-2)12-15(13)20)23-10-8-17-24-18(26-25-17)16-4-3-11-28-16;/h3-6,11-12H,7-10H2,1-2H3,(H2,21,22,23)(H,24,25,26);1H. The van der Waals surface area contributed by atoms with Crippen LogP contribution in [0.2, 0.25) is 5.02 Å². The Morgan fingerprint density at radius 3 is 2.69 bits per heavy atom. The number of nitrogens with one attached hydrogen (secondary N) is 3. The Bertz CT molecular complexity index is 913. The van der Waals surface area contributed by atoms with Crippen LogP contribution in [0.1, 0.15) is 11.4 Å². The van der Waals surface area contributed by atoms with Gasteiger partial charge in [0, 0.05) is 31.6 Å². The van der Waals surface area contributed by atoms with Crippen molar-refractivity contribution in [3.8, 4) is 17.3 Å². The molecule has 3 N–H and O–H groups in total. The van der Waals surface area contributed by atoms with Crippen LogP contribution in [-0.2, 0) is 12.8 Å². The summed E-state index contributed by atoms with van der Waals surface area (Å²) in [6.45, 7) is 1.37. The number of nitrogens with zero attached hydrogens (tertiary/aromatic N) is 3. The minimum Gasteiger partial charge on any atom is -0.497 e. The van der Waals surface area contributed by atoms with Crippen LogP contribution in [0.5, 0.6) is 5.75 Å². The number of halogens is 2. The molecule has 2 heterocycles. The molecule has 29 heavy (non-hydrogen) atoms. The van der Waals surface area contributed by atoms with E-state index < -0.39 is 0 Å². The van der Waals surface area contributed by atoms with Crippen molar-refractivity contribution in [2.45, 2.75) is 12.8 Å². The molecule has 10 heteroatoms. The number of aliphatic imine (C=N–C) groups is 1. The zero-order valence-corrected chi connectivity index (χ0v) is 19.3. The molecule has 0 atom stereocenters. The SMILES string of the molecule is CN=C(NCCc1nc(-c2ccco2)n[nH]1)NCCc1ccc(OC)cc1Cl.I. The zero-order valence-electron chi connectivity index (χ0n) is 16.2. The molecule has 0 saturated carbocycles. The van der Waals surface area contributed by atoms with Crippen LogP contribution in [0.25, 0.3) is 11.6 Å². The number of guanidine groups is 1. The molecule has 0 saturated heterocycles. The molecule has 0 spiro atoms. The topological polar surface area (TPSA) is 100 Å². The smallest absolute Gasteiger partial charge is 0.216 e.